The zero-order valence-corrected chi connectivity index (χ0v) is 14.1. The van der Waals surface area contributed by atoms with Gasteiger partial charge in [-0.05, 0) is 24.3 Å². The van der Waals surface area contributed by atoms with Gasteiger partial charge in [0.15, 0.2) is 17.2 Å². The number of rotatable bonds is 5. The Morgan fingerprint density at radius 1 is 0.880 bits per heavy atom. The van der Waals surface area contributed by atoms with Crippen LogP contribution in [0.15, 0.2) is 42.5 Å². The number of aromatic nitrogens is 2. The van der Waals surface area contributed by atoms with E-state index in [0.29, 0.717) is 28.2 Å². The maximum absolute atomic E-state index is 12.6. The van der Waals surface area contributed by atoms with Crippen molar-refractivity contribution < 1.29 is 19.0 Å². The number of nitrogens with one attached hydrogen (secondary N) is 1. The molecule has 0 atom stereocenters. The lowest BCUT2D eigenvalue weighted by Gasteiger charge is -2.11. The lowest BCUT2D eigenvalue weighted by molar-refractivity contribution is 0.101. The number of fused-ring (bicyclic) bond motifs is 1. The maximum Gasteiger partial charge on any atom is 0.279 e. The molecule has 2 aromatic carbocycles. The van der Waals surface area contributed by atoms with E-state index in [-0.39, 0.29) is 11.6 Å². The number of ether oxygens (including phenoxy) is 3. The monoisotopic (exact) mass is 339 g/mol. The molecule has 3 rings (SSSR count). The van der Waals surface area contributed by atoms with Crippen LogP contribution in [0.5, 0.6) is 17.4 Å². The quantitative estimate of drug-likeness (QED) is 0.769. The van der Waals surface area contributed by atoms with Crippen LogP contribution in [0, 0.1) is 0 Å². The zero-order chi connectivity index (χ0) is 17.8. The molecule has 0 saturated heterocycles. The fraction of sp³-hybridized carbons (Fsp3) is 0.167. The summed E-state index contributed by atoms with van der Waals surface area (Å²) in [5.74, 6) is 0.819. The van der Waals surface area contributed by atoms with Gasteiger partial charge in [0, 0.05) is 11.8 Å². The number of hydrogen-bond acceptors (Lipinski definition) is 6. The SMILES string of the molecule is COc1ccc(NC(=O)c2nc3ccccc3nc2OC)cc1OC. The minimum absolute atomic E-state index is 0.107. The molecular weight excluding hydrogens is 322 g/mol. The molecule has 1 aromatic heterocycles. The van der Waals surface area contributed by atoms with Crippen LogP contribution < -0.4 is 19.5 Å². The summed E-state index contributed by atoms with van der Waals surface area (Å²) < 4.78 is 15.6. The number of carbonyl (C=O) groups excluding carboxylic acids is 1. The summed E-state index contributed by atoms with van der Waals surface area (Å²) in [6.07, 6.45) is 0. The number of anilines is 1. The predicted octanol–water partition coefficient (Wildman–Crippen LogP) is 2.91. The van der Waals surface area contributed by atoms with Gasteiger partial charge in [-0.25, -0.2) is 9.97 Å². The van der Waals surface area contributed by atoms with Gasteiger partial charge in [0.05, 0.1) is 32.4 Å². The van der Waals surface area contributed by atoms with Gasteiger partial charge >= 0.3 is 0 Å². The number of carbonyl (C=O) groups is 1. The fourth-order valence-corrected chi connectivity index (χ4v) is 2.38. The molecule has 0 aliphatic rings. The summed E-state index contributed by atoms with van der Waals surface area (Å²) in [6.45, 7) is 0. The number of para-hydroxylation sites is 2. The largest absolute Gasteiger partial charge is 0.493 e. The van der Waals surface area contributed by atoms with Gasteiger partial charge < -0.3 is 19.5 Å². The average Bonchev–Trinajstić information content (AvgIpc) is 2.66. The van der Waals surface area contributed by atoms with Crippen LogP contribution in [0.25, 0.3) is 11.0 Å². The predicted molar refractivity (Wildman–Crippen MR) is 93.6 cm³/mol. The number of nitrogens with zero attached hydrogens (tertiary/aromatic N) is 2. The van der Waals surface area contributed by atoms with E-state index >= 15 is 0 Å². The van der Waals surface area contributed by atoms with Gasteiger partial charge in [0.2, 0.25) is 5.88 Å². The van der Waals surface area contributed by atoms with Crippen LogP contribution >= 0.6 is 0 Å². The molecule has 0 bridgehead atoms. The Kier molecular flexibility index (Phi) is 4.65. The molecular formula is C18H17N3O4. The number of hydrogen-bond donors (Lipinski definition) is 1. The molecule has 0 fully saturated rings. The van der Waals surface area contributed by atoms with E-state index in [0.717, 1.165) is 0 Å². The maximum atomic E-state index is 12.6. The normalized spacial score (nSPS) is 10.4. The molecule has 0 aliphatic heterocycles. The first-order chi connectivity index (χ1) is 12.2. The van der Waals surface area contributed by atoms with E-state index in [1.165, 1.54) is 14.2 Å². The Morgan fingerprint density at radius 3 is 2.20 bits per heavy atom. The van der Waals surface area contributed by atoms with Crippen LogP contribution in [0.4, 0.5) is 5.69 Å². The highest BCUT2D eigenvalue weighted by Gasteiger charge is 2.18. The average molecular weight is 339 g/mol. The third-order valence-corrected chi connectivity index (χ3v) is 3.59. The van der Waals surface area contributed by atoms with Crippen molar-refractivity contribution in [2.75, 3.05) is 26.6 Å². The summed E-state index contributed by atoms with van der Waals surface area (Å²) in [4.78, 5) is 21.3. The Morgan fingerprint density at radius 2 is 1.56 bits per heavy atom. The lowest BCUT2D eigenvalue weighted by Crippen LogP contribution is -2.16. The van der Waals surface area contributed by atoms with Crippen molar-refractivity contribution in [2.45, 2.75) is 0 Å². The molecule has 1 N–H and O–H groups in total. The van der Waals surface area contributed by atoms with Crippen molar-refractivity contribution in [1.82, 2.24) is 9.97 Å². The molecule has 1 amide bonds. The van der Waals surface area contributed by atoms with Gasteiger partial charge in [0.25, 0.3) is 5.91 Å². The fourth-order valence-electron chi connectivity index (χ4n) is 2.38. The van der Waals surface area contributed by atoms with Crippen LogP contribution in [-0.2, 0) is 0 Å². The number of methoxy groups -OCH3 is 3. The van der Waals surface area contributed by atoms with Crippen molar-refractivity contribution >= 4 is 22.6 Å². The van der Waals surface area contributed by atoms with Crippen LogP contribution in [0.2, 0.25) is 0 Å². The zero-order valence-electron chi connectivity index (χ0n) is 14.1. The van der Waals surface area contributed by atoms with Gasteiger partial charge in [-0.2, -0.15) is 0 Å². The van der Waals surface area contributed by atoms with Crippen molar-refractivity contribution in [1.29, 1.82) is 0 Å². The van der Waals surface area contributed by atoms with Crippen molar-refractivity contribution in [2.24, 2.45) is 0 Å². The second-order valence-electron chi connectivity index (χ2n) is 5.09. The highest BCUT2D eigenvalue weighted by molar-refractivity contribution is 6.05. The number of amides is 1. The van der Waals surface area contributed by atoms with Gasteiger partial charge in [-0.15, -0.1) is 0 Å². The van der Waals surface area contributed by atoms with E-state index in [2.05, 4.69) is 15.3 Å². The van der Waals surface area contributed by atoms with E-state index < -0.39 is 5.91 Å². The van der Waals surface area contributed by atoms with Crippen LogP contribution in [0.3, 0.4) is 0 Å². The number of benzene rings is 2. The molecule has 3 aromatic rings. The van der Waals surface area contributed by atoms with Crippen molar-refractivity contribution in [3.63, 3.8) is 0 Å². The minimum Gasteiger partial charge on any atom is -0.493 e. The second kappa shape index (κ2) is 7.04. The third-order valence-electron chi connectivity index (χ3n) is 3.59. The standard InChI is InChI=1S/C18H17N3O4/c1-23-14-9-8-11(10-15(14)24-2)19-17(22)16-18(25-3)21-13-7-5-4-6-12(13)20-16/h4-10H,1-3H3,(H,19,22). The smallest absolute Gasteiger partial charge is 0.279 e. The molecule has 7 nitrogen and oxygen atoms in total. The molecule has 0 spiro atoms. The first-order valence-electron chi connectivity index (χ1n) is 7.50. The third kappa shape index (κ3) is 3.30. The summed E-state index contributed by atoms with van der Waals surface area (Å²) in [6, 6.07) is 12.4. The lowest BCUT2D eigenvalue weighted by atomic mass is 10.2. The molecule has 0 unspecified atom stereocenters. The van der Waals surface area contributed by atoms with Gasteiger partial charge in [-0.1, -0.05) is 12.1 Å². The molecule has 0 aliphatic carbocycles. The Hall–Kier alpha value is -3.35. The Bertz CT molecular complexity index is 927. The highest BCUT2D eigenvalue weighted by Crippen LogP contribution is 2.30. The molecule has 0 saturated carbocycles. The van der Waals surface area contributed by atoms with E-state index in [1.54, 1.807) is 37.4 Å². The Labute approximate surface area is 144 Å². The Balaban J connectivity index is 1.94. The van der Waals surface area contributed by atoms with E-state index in [1.807, 2.05) is 12.1 Å². The van der Waals surface area contributed by atoms with Crippen LogP contribution in [0.1, 0.15) is 10.5 Å². The van der Waals surface area contributed by atoms with Gasteiger partial charge in [0.1, 0.15) is 0 Å². The summed E-state index contributed by atoms with van der Waals surface area (Å²) in [5.41, 5.74) is 1.92. The van der Waals surface area contributed by atoms with Crippen molar-refractivity contribution in [3.05, 3.63) is 48.2 Å². The first kappa shape index (κ1) is 16.5. The molecule has 25 heavy (non-hydrogen) atoms. The molecule has 128 valence electrons. The first-order valence-corrected chi connectivity index (χ1v) is 7.50. The molecule has 1 heterocycles. The van der Waals surface area contributed by atoms with E-state index in [4.69, 9.17) is 14.2 Å². The minimum atomic E-state index is -0.428. The molecule has 7 heteroatoms. The second-order valence-corrected chi connectivity index (χ2v) is 5.09. The topological polar surface area (TPSA) is 82.6 Å². The highest BCUT2D eigenvalue weighted by atomic mass is 16.5. The van der Waals surface area contributed by atoms with E-state index in [9.17, 15) is 4.79 Å². The summed E-state index contributed by atoms with van der Waals surface area (Å²) in [7, 11) is 4.53. The summed E-state index contributed by atoms with van der Waals surface area (Å²) >= 11 is 0. The van der Waals surface area contributed by atoms with Crippen LogP contribution in [-0.4, -0.2) is 37.2 Å². The van der Waals surface area contributed by atoms with Gasteiger partial charge in [-0.3, -0.25) is 4.79 Å². The van der Waals surface area contributed by atoms with Crippen molar-refractivity contribution in [3.8, 4) is 17.4 Å². The summed E-state index contributed by atoms with van der Waals surface area (Å²) in [5, 5.41) is 2.77. The molecule has 0 radical (unpaired) electrons.